The molecule has 4 nitrogen and oxygen atoms in total. The summed E-state index contributed by atoms with van der Waals surface area (Å²) >= 11 is 1.31. The van der Waals surface area contributed by atoms with Crippen molar-refractivity contribution in [3.8, 4) is 5.75 Å². The van der Waals surface area contributed by atoms with Crippen molar-refractivity contribution < 1.29 is 13.9 Å². The molecule has 0 spiro atoms. The zero-order valence-electron chi connectivity index (χ0n) is 15.3. The number of nitrogens with zero attached hydrogens (tertiary/aromatic N) is 1. The molecule has 6 heteroatoms. The van der Waals surface area contributed by atoms with Crippen LogP contribution in [0.3, 0.4) is 0 Å². The van der Waals surface area contributed by atoms with Crippen LogP contribution in [0.1, 0.15) is 11.1 Å². The van der Waals surface area contributed by atoms with Gasteiger partial charge in [-0.1, -0.05) is 42.5 Å². The monoisotopic (exact) mass is 404 g/mol. The molecule has 3 aromatic rings. The van der Waals surface area contributed by atoms with Gasteiger partial charge in [-0.2, -0.15) is 0 Å². The molecule has 0 saturated carbocycles. The Kier molecular flexibility index (Phi) is 5.72. The number of benzene rings is 3. The van der Waals surface area contributed by atoms with Crippen molar-refractivity contribution in [2.75, 3.05) is 0 Å². The Labute approximate surface area is 172 Å². The molecule has 0 aliphatic carbocycles. The summed E-state index contributed by atoms with van der Waals surface area (Å²) in [5.41, 5.74) is 2.43. The number of aliphatic imine (C=N–C) groups is 1. The molecule has 3 aromatic carbocycles. The fraction of sp³-hybridized carbons (Fsp3) is 0.0435. The van der Waals surface area contributed by atoms with Crippen LogP contribution in [0.5, 0.6) is 5.75 Å². The summed E-state index contributed by atoms with van der Waals surface area (Å²) in [5.74, 6) is 0.220. The summed E-state index contributed by atoms with van der Waals surface area (Å²) in [6.07, 6.45) is 1.81. The molecule has 0 atom stereocenters. The number of ether oxygens (including phenoxy) is 1. The van der Waals surface area contributed by atoms with E-state index in [-0.39, 0.29) is 18.3 Å². The van der Waals surface area contributed by atoms with Crippen molar-refractivity contribution in [1.82, 2.24) is 5.32 Å². The Balaban J connectivity index is 1.40. The number of amides is 1. The molecule has 1 aliphatic rings. The summed E-state index contributed by atoms with van der Waals surface area (Å²) in [7, 11) is 0. The quantitative estimate of drug-likeness (QED) is 0.588. The van der Waals surface area contributed by atoms with E-state index in [9.17, 15) is 9.18 Å². The number of nitrogens with one attached hydrogen (secondary N) is 1. The smallest absolute Gasteiger partial charge is 0.264 e. The van der Waals surface area contributed by atoms with Crippen LogP contribution in [0.15, 0.2) is 88.8 Å². The molecule has 4 rings (SSSR count). The highest BCUT2D eigenvalue weighted by molar-refractivity contribution is 8.18. The van der Waals surface area contributed by atoms with Gasteiger partial charge in [0.05, 0.1) is 10.6 Å². The molecule has 1 fully saturated rings. The molecule has 1 heterocycles. The third-order valence-corrected chi connectivity index (χ3v) is 5.02. The van der Waals surface area contributed by atoms with E-state index >= 15 is 0 Å². The second-order valence-electron chi connectivity index (χ2n) is 6.30. The van der Waals surface area contributed by atoms with Crippen molar-refractivity contribution in [2.45, 2.75) is 6.61 Å². The highest BCUT2D eigenvalue weighted by Crippen LogP contribution is 2.28. The van der Waals surface area contributed by atoms with E-state index in [0.29, 0.717) is 15.8 Å². The lowest BCUT2D eigenvalue weighted by Gasteiger charge is -2.06. The zero-order chi connectivity index (χ0) is 20.1. The van der Waals surface area contributed by atoms with E-state index in [0.717, 1.165) is 16.8 Å². The molecular weight excluding hydrogens is 387 g/mol. The first kappa shape index (κ1) is 19.0. The number of rotatable bonds is 5. The molecule has 0 unspecified atom stereocenters. The molecule has 1 N–H and O–H groups in total. The van der Waals surface area contributed by atoms with Gasteiger partial charge in [-0.15, -0.1) is 0 Å². The minimum absolute atomic E-state index is 0.170. The Morgan fingerprint density at radius 3 is 2.55 bits per heavy atom. The molecule has 0 bridgehead atoms. The summed E-state index contributed by atoms with van der Waals surface area (Å²) in [4.78, 5) is 17.2. The fourth-order valence-electron chi connectivity index (χ4n) is 2.71. The molecule has 144 valence electrons. The summed E-state index contributed by atoms with van der Waals surface area (Å²) in [6, 6.07) is 23.2. The van der Waals surface area contributed by atoms with Gasteiger partial charge in [0, 0.05) is 0 Å². The van der Waals surface area contributed by atoms with Gasteiger partial charge in [-0.3, -0.25) is 4.79 Å². The van der Waals surface area contributed by atoms with Crippen LogP contribution < -0.4 is 10.1 Å². The average Bonchev–Trinajstić information content (AvgIpc) is 3.07. The Morgan fingerprint density at radius 2 is 1.79 bits per heavy atom. The molecule has 1 aliphatic heterocycles. The van der Waals surface area contributed by atoms with E-state index < -0.39 is 0 Å². The van der Waals surface area contributed by atoms with Gasteiger partial charge in [0.1, 0.15) is 18.2 Å². The average molecular weight is 404 g/mol. The van der Waals surface area contributed by atoms with E-state index in [1.165, 1.54) is 23.9 Å². The van der Waals surface area contributed by atoms with Crippen molar-refractivity contribution in [3.63, 3.8) is 0 Å². The molecule has 1 amide bonds. The SMILES string of the molecule is O=C1NC(=Nc2ccccc2)SC1=Cc1ccc(OCc2cccc(F)c2)cc1. The Bertz CT molecular complexity index is 1080. The number of para-hydroxylation sites is 1. The van der Waals surface area contributed by atoms with Gasteiger partial charge < -0.3 is 10.1 Å². The van der Waals surface area contributed by atoms with E-state index in [1.807, 2.05) is 66.7 Å². The number of hydrogen-bond acceptors (Lipinski definition) is 4. The maximum absolute atomic E-state index is 13.2. The normalized spacial score (nSPS) is 16.2. The second-order valence-corrected chi connectivity index (χ2v) is 7.34. The largest absolute Gasteiger partial charge is 0.489 e. The maximum Gasteiger partial charge on any atom is 0.264 e. The van der Waals surface area contributed by atoms with Gasteiger partial charge in [0.25, 0.3) is 5.91 Å². The highest BCUT2D eigenvalue weighted by Gasteiger charge is 2.23. The van der Waals surface area contributed by atoms with Crippen molar-refractivity contribution in [3.05, 3.63) is 101 Å². The molecule has 1 saturated heterocycles. The Morgan fingerprint density at radius 1 is 1.00 bits per heavy atom. The second kappa shape index (κ2) is 8.75. The lowest BCUT2D eigenvalue weighted by molar-refractivity contribution is -0.115. The van der Waals surface area contributed by atoms with Crippen LogP contribution in [0.4, 0.5) is 10.1 Å². The molecule has 0 aromatic heterocycles. The lowest BCUT2D eigenvalue weighted by Crippen LogP contribution is -2.19. The number of carbonyl (C=O) groups is 1. The van der Waals surface area contributed by atoms with Crippen molar-refractivity contribution in [1.29, 1.82) is 0 Å². The number of thioether (sulfide) groups is 1. The highest BCUT2D eigenvalue weighted by atomic mass is 32.2. The third kappa shape index (κ3) is 5.12. The van der Waals surface area contributed by atoms with Crippen LogP contribution in [0.25, 0.3) is 6.08 Å². The topological polar surface area (TPSA) is 50.7 Å². The van der Waals surface area contributed by atoms with Crippen LogP contribution >= 0.6 is 11.8 Å². The van der Waals surface area contributed by atoms with Crippen molar-refractivity contribution >= 4 is 34.6 Å². The Hall–Kier alpha value is -3.38. The zero-order valence-corrected chi connectivity index (χ0v) is 16.2. The summed E-state index contributed by atoms with van der Waals surface area (Å²) < 4.78 is 18.9. The van der Waals surface area contributed by atoms with Gasteiger partial charge in [0.15, 0.2) is 5.17 Å². The standard InChI is InChI=1S/C23H17FN2O2S/c24-18-6-4-5-17(13-18)15-28-20-11-9-16(10-12-20)14-21-22(27)26-23(29-21)25-19-7-2-1-3-8-19/h1-14H,15H2,(H,25,26,27). The third-order valence-electron chi connectivity index (χ3n) is 4.11. The van der Waals surface area contributed by atoms with Gasteiger partial charge >= 0.3 is 0 Å². The molecule has 29 heavy (non-hydrogen) atoms. The maximum atomic E-state index is 13.2. The van der Waals surface area contributed by atoms with Crippen LogP contribution in [0.2, 0.25) is 0 Å². The van der Waals surface area contributed by atoms with E-state index in [2.05, 4.69) is 10.3 Å². The first-order valence-corrected chi connectivity index (χ1v) is 9.79. The first-order chi connectivity index (χ1) is 14.2. The van der Waals surface area contributed by atoms with E-state index in [4.69, 9.17) is 4.74 Å². The fourth-order valence-corrected chi connectivity index (χ4v) is 3.55. The van der Waals surface area contributed by atoms with Crippen LogP contribution in [0, 0.1) is 5.82 Å². The summed E-state index contributed by atoms with van der Waals surface area (Å²) in [5, 5.41) is 3.34. The number of hydrogen-bond donors (Lipinski definition) is 1. The van der Waals surface area contributed by atoms with Crippen LogP contribution in [-0.2, 0) is 11.4 Å². The lowest BCUT2D eigenvalue weighted by atomic mass is 10.2. The van der Waals surface area contributed by atoms with Gasteiger partial charge in [-0.05, 0) is 65.4 Å². The predicted octanol–water partition coefficient (Wildman–Crippen LogP) is 5.30. The number of halogens is 1. The number of amidine groups is 1. The molecular formula is C23H17FN2O2S. The predicted molar refractivity (Wildman–Crippen MR) is 114 cm³/mol. The van der Waals surface area contributed by atoms with E-state index in [1.54, 1.807) is 6.07 Å². The van der Waals surface area contributed by atoms with Crippen molar-refractivity contribution in [2.24, 2.45) is 4.99 Å². The first-order valence-electron chi connectivity index (χ1n) is 8.98. The minimum Gasteiger partial charge on any atom is -0.489 e. The molecule has 0 radical (unpaired) electrons. The summed E-state index contributed by atoms with van der Waals surface area (Å²) in [6.45, 7) is 0.287. The van der Waals surface area contributed by atoms with Gasteiger partial charge in [0.2, 0.25) is 0 Å². The number of carbonyl (C=O) groups excluding carboxylic acids is 1. The van der Waals surface area contributed by atoms with Crippen LogP contribution in [-0.4, -0.2) is 11.1 Å². The van der Waals surface area contributed by atoms with Gasteiger partial charge in [-0.25, -0.2) is 9.38 Å². The minimum atomic E-state index is -0.282.